The fraction of sp³-hybridized carbons (Fsp3) is 0.125. The minimum atomic E-state index is -3.74. The van der Waals surface area contributed by atoms with E-state index in [4.69, 9.17) is 0 Å². The molecule has 0 aliphatic heterocycles. The Balaban J connectivity index is 0.000000250. The minimum absolute atomic E-state index is 0.0715. The predicted molar refractivity (Wildman–Crippen MR) is 176 cm³/mol. The zero-order valence-corrected chi connectivity index (χ0v) is 27.0. The van der Waals surface area contributed by atoms with Crippen molar-refractivity contribution in [1.29, 1.82) is 0 Å². The molecule has 0 aromatic heterocycles. The van der Waals surface area contributed by atoms with Crippen molar-refractivity contribution in [2.75, 3.05) is 20.1 Å². The monoisotopic (exact) mass is 664 g/mol. The summed E-state index contributed by atoms with van der Waals surface area (Å²) in [6, 6.07) is 24.0. The van der Waals surface area contributed by atoms with Gasteiger partial charge in [0.1, 0.15) is 0 Å². The Morgan fingerprint density at radius 1 is 0.413 bits per heavy atom. The molecule has 0 bridgehead atoms. The number of benzene rings is 4. The second-order valence-electron chi connectivity index (χ2n) is 9.89. The number of carbonyl (C=O) groups excluding carboxylic acids is 4. The number of carbonyl (C=O) groups is 4. The highest BCUT2D eigenvalue weighted by Crippen LogP contribution is 2.20. The normalized spacial score (nSPS) is 10.9. The van der Waals surface area contributed by atoms with Crippen LogP contribution >= 0.6 is 0 Å². The van der Waals surface area contributed by atoms with Crippen LogP contribution in [0, 0.1) is 0 Å². The third-order valence-electron chi connectivity index (χ3n) is 6.06. The Labute approximate surface area is 267 Å². The van der Waals surface area contributed by atoms with Gasteiger partial charge in [-0.3, -0.25) is 28.6 Å². The van der Waals surface area contributed by atoms with Crippen molar-refractivity contribution in [3.8, 4) is 0 Å². The lowest BCUT2D eigenvalue weighted by molar-refractivity contribution is -0.115. The number of hydrogen-bond acceptors (Lipinski definition) is 8. The Hall–Kier alpha value is -5.34. The van der Waals surface area contributed by atoms with Crippen LogP contribution in [-0.2, 0) is 29.6 Å². The molecule has 0 atom stereocenters. The molecule has 46 heavy (non-hydrogen) atoms. The number of hydrogen-bond donors (Lipinski definition) is 4. The van der Waals surface area contributed by atoms with Gasteiger partial charge < -0.3 is 10.6 Å². The van der Waals surface area contributed by atoms with Gasteiger partial charge in [-0.15, -0.1) is 0 Å². The number of nitrogens with one attached hydrogen (secondary N) is 4. The largest absolute Gasteiger partial charge is 0.326 e. The van der Waals surface area contributed by atoms with Crippen molar-refractivity contribution in [3.05, 3.63) is 108 Å². The third-order valence-corrected chi connectivity index (χ3v) is 8.85. The summed E-state index contributed by atoms with van der Waals surface area (Å²) in [6.45, 7) is 5.62. The van der Waals surface area contributed by atoms with E-state index in [-0.39, 0.29) is 33.2 Å². The van der Waals surface area contributed by atoms with Gasteiger partial charge in [0.25, 0.3) is 20.0 Å². The van der Waals surface area contributed by atoms with Gasteiger partial charge in [0.05, 0.1) is 9.79 Å². The van der Waals surface area contributed by atoms with E-state index >= 15 is 0 Å². The standard InChI is InChI=1S/2C16H16N2O4S/c2*1-11(19)13-3-5-15(6-4-13)18-23(21,22)16-9-7-14(8-10-16)17-12(2)20/h2*3-10,18H,1-2H3,(H,17,20). The van der Waals surface area contributed by atoms with Gasteiger partial charge in [-0.1, -0.05) is 0 Å². The van der Waals surface area contributed by atoms with Crippen molar-refractivity contribution in [3.63, 3.8) is 0 Å². The van der Waals surface area contributed by atoms with E-state index in [9.17, 15) is 36.0 Å². The Morgan fingerprint density at radius 3 is 0.913 bits per heavy atom. The first kappa shape index (κ1) is 35.1. The molecule has 0 aliphatic rings. The highest BCUT2D eigenvalue weighted by Gasteiger charge is 2.15. The van der Waals surface area contributed by atoms with Crippen LogP contribution in [0.25, 0.3) is 0 Å². The number of amides is 2. The molecule has 0 unspecified atom stereocenters. The molecule has 0 spiro atoms. The number of anilines is 4. The summed E-state index contributed by atoms with van der Waals surface area (Å²) in [5.74, 6) is -0.644. The van der Waals surface area contributed by atoms with E-state index in [1.54, 1.807) is 24.3 Å². The van der Waals surface area contributed by atoms with Gasteiger partial charge >= 0.3 is 0 Å². The van der Waals surface area contributed by atoms with Gasteiger partial charge in [-0.25, -0.2) is 16.8 Å². The number of rotatable bonds is 10. The Kier molecular flexibility index (Phi) is 11.5. The summed E-state index contributed by atoms with van der Waals surface area (Å²) in [5, 5.41) is 5.13. The van der Waals surface area contributed by atoms with Crippen LogP contribution in [0.2, 0.25) is 0 Å². The molecule has 2 amide bonds. The van der Waals surface area contributed by atoms with E-state index in [1.165, 1.54) is 100 Å². The summed E-state index contributed by atoms with van der Waals surface area (Å²) < 4.78 is 54.0. The van der Waals surface area contributed by atoms with E-state index in [1.807, 2.05) is 0 Å². The zero-order valence-electron chi connectivity index (χ0n) is 25.3. The first-order valence-electron chi connectivity index (χ1n) is 13.6. The molecule has 0 heterocycles. The van der Waals surface area contributed by atoms with Crippen molar-refractivity contribution in [2.24, 2.45) is 0 Å². The molecule has 0 fully saturated rings. The lowest BCUT2D eigenvalue weighted by Gasteiger charge is -2.09. The maximum atomic E-state index is 12.3. The van der Waals surface area contributed by atoms with Crippen LogP contribution in [0.5, 0.6) is 0 Å². The van der Waals surface area contributed by atoms with E-state index in [0.717, 1.165) is 0 Å². The van der Waals surface area contributed by atoms with E-state index in [2.05, 4.69) is 20.1 Å². The summed E-state index contributed by atoms with van der Waals surface area (Å²) in [6.07, 6.45) is 0. The molecule has 0 saturated carbocycles. The highest BCUT2D eigenvalue weighted by atomic mass is 32.2. The minimum Gasteiger partial charge on any atom is -0.326 e. The lowest BCUT2D eigenvalue weighted by Crippen LogP contribution is -2.13. The predicted octanol–water partition coefficient (Wildman–Crippen LogP) is 5.30. The summed E-state index contributed by atoms with van der Waals surface area (Å²) in [4.78, 5) is 44.4. The maximum absolute atomic E-state index is 12.3. The molecule has 4 aromatic rings. The van der Waals surface area contributed by atoms with Crippen LogP contribution in [-0.4, -0.2) is 40.2 Å². The maximum Gasteiger partial charge on any atom is 0.261 e. The summed E-state index contributed by atoms with van der Waals surface area (Å²) in [7, 11) is -7.48. The van der Waals surface area contributed by atoms with Crippen molar-refractivity contribution < 1.29 is 36.0 Å². The molecule has 0 saturated heterocycles. The smallest absolute Gasteiger partial charge is 0.261 e. The fourth-order valence-corrected chi connectivity index (χ4v) is 5.93. The Bertz CT molecular complexity index is 1800. The molecule has 240 valence electrons. The average molecular weight is 665 g/mol. The molecular formula is C32H32N4O8S2. The quantitative estimate of drug-likeness (QED) is 0.165. The molecular weight excluding hydrogens is 633 g/mol. The molecule has 4 N–H and O–H groups in total. The SMILES string of the molecule is CC(=O)Nc1ccc(S(=O)(=O)Nc2ccc(C(C)=O)cc2)cc1.CC(=O)Nc1ccc(S(=O)(=O)Nc2ccc(C(C)=O)cc2)cc1. The lowest BCUT2D eigenvalue weighted by atomic mass is 10.1. The number of Topliss-reactive ketones (excluding diaryl/α,β-unsaturated/α-hetero) is 2. The van der Waals surface area contributed by atoms with E-state index in [0.29, 0.717) is 33.9 Å². The second-order valence-corrected chi connectivity index (χ2v) is 13.3. The molecule has 12 nitrogen and oxygen atoms in total. The molecule has 4 aromatic carbocycles. The first-order chi connectivity index (χ1) is 21.6. The van der Waals surface area contributed by atoms with E-state index < -0.39 is 20.0 Å². The second kappa shape index (κ2) is 15.1. The van der Waals surface area contributed by atoms with Crippen LogP contribution in [0.4, 0.5) is 22.7 Å². The number of ketones is 2. The van der Waals surface area contributed by atoms with Crippen molar-refractivity contribution in [1.82, 2.24) is 0 Å². The molecule has 14 heteroatoms. The zero-order chi connectivity index (χ0) is 34.1. The molecule has 0 radical (unpaired) electrons. The molecule has 4 rings (SSSR count). The van der Waals surface area contributed by atoms with Gasteiger partial charge in [0.2, 0.25) is 11.8 Å². The fourth-order valence-electron chi connectivity index (χ4n) is 3.82. The van der Waals surface area contributed by atoms with Crippen molar-refractivity contribution >= 4 is 66.2 Å². The van der Waals surface area contributed by atoms with Gasteiger partial charge in [-0.2, -0.15) is 0 Å². The third kappa shape index (κ3) is 10.4. The van der Waals surface area contributed by atoms with Crippen molar-refractivity contribution in [2.45, 2.75) is 37.5 Å². The van der Waals surface area contributed by atoms with Crippen LogP contribution in [0.1, 0.15) is 48.4 Å². The topological polar surface area (TPSA) is 185 Å². The van der Waals surface area contributed by atoms with Crippen LogP contribution < -0.4 is 20.1 Å². The first-order valence-corrected chi connectivity index (χ1v) is 16.6. The molecule has 0 aliphatic carbocycles. The van der Waals surface area contributed by atoms with Crippen LogP contribution in [0.3, 0.4) is 0 Å². The Morgan fingerprint density at radius 2 is 0.674 bits per heavy atom. The van der Waals surface area contributed by atoms with Gasteiger partial charge in [0, 0.05) is 47.7 Å². The van der Waals surface area contributed by atoms with Gasteiger partial charge in [0.15, 0.2) is 11.6 Å². The van der Waals surface area contributed by atoms with Crippen LogP contribution in [0.15, 0.2) is 107 Å². The summed E-state index contributed by atoms with van der Waals surface area (Å²) in [5.41, 5.74) is 2.77. The van der Waals surface area contributed by atoms with Gasteiger partial charge in [-0.05, 0) is 111 Å². The summed E-state index contributed by atoms with van der Waals surface area (Å²) >= 11 is 0. The number of sulfonamides is 2. The highest BCUT2D eigenvalue weighted by molar-refractivity contribution is 7.93. The average Bonchev–Trinajstić information content (AvgIpc) is 2.97.